The number of anilines is 1. The molecule has 3 N–H and O–H groups in total. The number of halogens is 1. The minimum Gasteiger partial charge on any atom is -0.493 e. The van der Waals surface area contributed by atoms with E-state index in [9.17, 15) is 9.18 Å². The normalized spacial score (nSPS) is 14.8. The van der Waals surface area contributed by atoms with Gasteiger partial charge in [-0.05, 0) is 24.8 Å². The third kappa shape index (κ3) is 2.24. The molecular weight excluding hydrogens is 213 g/mol. The lowest BCUT2D eigenvalue weighted by Gasteiger charge is -2.08. The molecule has 0 aliphatic heterocycles. The van der Waals surface area contributed by atoms with Gasteiger partial charge in [0.1, 0.15) is 5.75 Å². The summed E-state index contributed by atoms with van der Waals surface area (Å²) in [5.74, 6) is -1.27. The van der Waals surface area contributed by atoms with E-state index in [-0.39, 0.29) is 17.0 Å². The van der Waals surface area contributed by atoms with Crippen molar-refractivity contribution >= 4 is 11.7 Å². The maximum absolute atomic E-state index is 13.3. The van der Waals surface area contributed by atoms with Gasteiger partial charge in [0.15, 0.2) is 5.82 Å². The highest BCUT2D eigenvalue weighted by Gasteiger charge is 2.22. The third-order valence-electron chi connectivity index (χ3n) is 2.52. The average molecular weight is 225 g/mol. The third-order valence-corrected chi connectivity index (χ3v) is 2.52. The number of hydrogen-bond donors (Lipinski definition) is 2. The van der Waals surface area contributed by atoms with Crippen LogP contribution in [0, 0.1) is 11.7 Å². The Morgan fingerprint density at radius 3 is 2.81 bits per heavy atom. The van der Waals surface area contributed by atoms with Crippen LogP contribution in [0.5, 0.6) is 5.75 Å². The summed E-state index contributed by atoms with van der Waals surface area (Å²) in [6.45, 7) is 0.502. The van der Waals surface area contributed by atoms with Gasteiger partial charge < -0.3 is 15.6 Å². The number of aromatic carboxylic acids is 1. The van der Waals surface area contributed by atoms with Crippen LogP contribution in [0.15, 0.2) is 12.1 Å². The number of benzene rings is 1. The molecule has 0 aromatic heterocycles. The maximum Gasteiger partial charge on any atom is 0.338 e. The van der Waals surface area contributed by atoms with E-state index >= 15 is 0 Å². The lowest BCUT2D eigenvalue weighted by Crippen LogP contribution is -2.07. The van der Waals surface area contributed by atoms with Gasteiger partial charge >= 0.3 is 5.97 Å². The van der Waals surface area contributed by atoms with Gasteiger partial charge in [0, 0.05) is 6.07 Å². The Balaban J connectivity index is 2.20. The number of ether oxygens (including phenoxy) is 1. The first kappa shape index (κ1) is 10.7. The van der Waals surface area contributed by atoms with Crippen molar-refractivity contribution in [2.45, 2.75) is 12.8 Å². The summed E-state index contributed by atoms with van der Waals surface area (Å²) in [7, 11) is 0. The molecule has 0 unspecified atom stereocenters. The summed E-state index contributed by atoms with van der Waals surface area (Å²) in [6, 6.07) is 2.37. The Labute approximate surface area is 91.8 Å². The van der Waals surface area contributed by atoms with Crippen molar-refractivity contribution in [2.75, 3.05) is 12.3 Å². The molecule has 0 heterocycles. The monoisotopic (exact) mass is 225 g/mol. The topological polar surface area (TPSA) is 72.5 Å². The number of carboxylic acids is 1. The second-order valence-electron chi connectivity index (χ2n) is 3.93. The molecule has 1 aliphatic carbocycles. The molecule has 0 bridgehead atoms. The van der Waals surface area contributed by atoms with E-state index in [1.54, 1.807) is 0 Å². The largest absolute Gasteiger partial charge is 0.493 e. The van der Waals surface area contributed by atoms with Gasteiger partial charge in [0.2, 0.25) is 0 Å². The lowest BCUT2D eigenvalue weighted by atomic mass is 10.1. The molecule has 0 atom stereocenters. The standard InChI is InChI=1S/C11H12FNO3/c12-9-4-7(16-5-6-1-2-6)3-8(10(9)13)11(14)15/h3-4,6H,1-2,5,13H2,(H,14,15). The van der Waals surface area contributed by atoms with Gasteiger partial charge in [0.05, 0.1) is 17.9 Å². The molecule has 0 saturated heterocycles. The first-order chi connectivity index (χ1) is 7.58. The fourth-order valence-electron chi connectivity index (χ4n) is 1.35. The number of hydrogen-bond acceptors (Lipinski definition) is 3. The maximum atomic E-state index is 13.3. The predicted molar refractivity (Wildman–Crippen MR) is 56.0 cm³/mol. The van der Waals surface area contributed by atoms with Gasteiger partial charge in [-0.1, -0.05) is 0 Å². The van der Waals surface area contributed by atoms with Gasteiger partial charge in [-0.2, -0.15) is 0 Å². The van der Waals surface area contributed by atoms with Crippen LogP contribution in [-0.4, -0.2) is 17.7 Å². The summed E-state index contributed by atoms with van der Waals surface area (Å²) < 4.78 is 18.6. The minimum absolute atomic E-state index is 0.219. The Kier molecular flexibility index (Phi) is 2.68. The second-order valence-corrected chi connectivity index (χ2v) is 3.93. The van der Waals surface area contributed by atoms with E-state index in [1.165, 1.54) is 6.07 Å². The Bertz CT molecular complexity index is 429. The summed E-state index contributed by atoms with van der Waals surface area (Å²) in [6.07, 6.45) is 2.23. The summed E-state index contributed by atoms with van der Waals surface area (Å²) in [5, 5.41) is 8.80. The summed E-state index contributed by atoms with van der Waals surface area (Å²) in [4.78, 5) is 10.8. The van der Waals surface area contributed by atoms with E-state index in [0.29, 0.717) is 12.5 Å². The zero-order valence-corrected chi connectivity index (χ0v) is 8.57. The zero-order valence-electron chi connectivity index (χ0n) is 8.57. The van der Waals surface area contributed by atoms with Crippen molar-refractivity contribution in [3.05, 3.63) is 23.5 Å². The Hall–Kier alpha value is -1.78. The highest BCUT2D eigenvalue weighted by atomic mass is 19.1. The van der Waals surface area contributed by atoms with Crippen molar-refractivity contribution in [1.82, 2.24) is 0 Å². The molecule has 0 spiro atoms. The van der Waals surface area contributed by atoms with E-state index in [2.05, 4.69) is 0 Å². The van der Waals surface area contributed by atoms with Gasteiger partial charge in [0.25, 0.3) is 0 Å². The summed E-state index contributed by atoms with van der Waals surface area (Å²) >= 11 is 0. The molecule has 1 aliphatic rings. The van der Waals surface area contributed by atoms with Crippen LogP contribution >= 0.6 is 0 Å². The van der Waals surface area contributed by atoms with Crippen molar-refractivity contribution in [1.29, 1.82) is 0 Å². The van der Waals surface area contributed by atoms with E-state index in [0.717, 1.165) is 18.9 Å². The van der Waals surface area contributed by atoms with Crippen LogP contribution in [0.25, 0.3) is 0 Å². The van der Waals surface area contributed by atoms with E-state index < -0.39 is 11.8 Å². The van der Waals surface area contributed by atoms with E-state index in [1.807, 2.05) is 0 Å². The molecule has 4 nitrogen and oxygen atoms in total. The summed E-state index contributed by atoms with van der Waals surface area (Å²) in [5.41, 5.74) is 4.70. The molecule has 1 aromatic rings. The highest BCUT2D eigenvalue weighted by molar-refractivity contribution is 5.94. The lowest BCUT2D eigenvalue weighted by molar-refractivity contribution is 0.0697. The van der Waals surface area contributed by atoms with E-state index in [4.69, 9.17) is 15.6 Å². The molecule has 5 heteroatoms. The van der Waals surface area contributed by atoms with Crippen LogP contribution < -0.4 is 10.5 Å². The van der Waals surface area contributed by atoms with Crippen molar-refractivity contribution in [2.24, 2.45) is 5.92 Å². The van der Waals surface area contributed by atoms with Crippen LogP contribution in [-0.2, 0) is 0 Å². The molecule has 0 amide bonds. The van der Waals surface area contributed by atoms with Gasteiger partial charge in [-0.3, -0.25) is 0 Å². The number of rotatable bonds is 4. The number of carboxylic acid groups (broad SMARTS) is 1. The Morgan fingerprint density at radius 2 is 2.25 bits per heavy atom. The van der Waals surface area contributed by atoms with Crippen LogP contribution in [0.2, 0.25) is 0 Å². The molecule has 1 fully saturated rings. The number of carbonyl (C=O) groups is 1. The quantitative estimate of drug-likeness (QED) is 0.767. The fraction of sp³-hybridized carbons (Fsp3) is 0.364. The van der Waals surface area contributed by atoms with Crippen molar-refractivity contribution in [3.63, 3.8) is 0 Å². The zero-order chi connectivity index (χ0) is 11.7. The van der Waals surface area contributed by atoms with Gasteiger partial charge in [-0.15, -0.1) is 0 Å². The van der Waals surface area contributed by atoms with Crippen LogP contribution in [0.4, 0.5) is 10.1 Å². The smallest absolute Gasteiger partial charge is 0.338 e. The van der Waals surface area contributed by atoms with Crippen LogP contribution in [0.1, 0.15) is 23.2 Å². The average Bonchev–Trinajstić information content (AvgIpc) is 3.02. The molecule has 1 aromatic carbocycles. The second kappa shape index (κ2) is 4.00. The molecule has 0 radical (unpaired) electrons. The predicted octanol–water partition coefficient (Wildman–Crippen LogP) is 1.89. The Morgan fingerprint density at radius 1 is 1.56 bits per heavy atom. The SMILES string of the molecule is Nc1c(F)cc(OCC2CC2)cc1C(=O)O. The molecular formula is C11H12FNO3. The van der Waals surface area contributed by atoms with Crippen molar-refractivity contribution < 1.29 is 19.0 Å². The first-order valence-electron chi connectivity index (χ1n) is 5.03. The first-order valence-corrected chi connectivity index (χ1v) is 5.03. The number of nitrogen functional groups attached to an aromatic ring is 1. The molecule has 86 valence electrons. The van der Waals surface area contributed by atoms with Gasteiger partial charge in [-0.25, -0.2) is 9.18 Å². The van der Waals surface area contributed by atoms with Crippen molar-refractivity contribution in [3.8, 4) is 5.75 Å². The van der Waals surface area contributed by atoms with Crippen LogP contribution in [0.3, 0.4) is 0 Å². The fourth-order valence-corrected chi connectivity index (χ4v) is 1.35. The molecule has 16 heavy (non-hydrogen) atoms. The number of nitrogens with two attached hydrogens (primary N) is 1. The molecule has 2 rings (SSSR count). The minimum atomic E-state index is -1.26. The molecule has 1 saturated carbocycles. The highest BCUT2D eigenvalue weighted by Crippen LogP contribution is 2.30.